The SMILES string of the molecule is N[C@H](c1cc(C(F)(F)F)cc(C(F)(F)F)c1)C(F)(F)C(F)(F)F. The largest absolute Gasteiger partial charge is 0.455 e. The summed E-state index contributed by atoms with van der Waals surface area (Å²) in [6, 6.07) is -4.41. The molecule has 0 unspecified atom stereocenters. The van der Waals surface area contributed by atoms with Crippen molar-refractivity contribution in [3.8, 4) is 0 Å². The van der Waals surface area contributed by atoms with Crippen LogP contribution in [0.3, 0.4) is 0 Å². The number of rotatable bonds is 2. The Kier molecular flexibility index (Phi) is 4.65. The van der Waals surface area contributed by atoms with Gasteiger partial charge in [0.1, 0.15) is 6.04 Å². The van der Waals surface area contributed by atoms with E-state index < -0.39 is 53.2 Å². The molecule has 1 aromatic rings. The number of hydrogen-bond donors (Lipinski definition) is 1. The Bertz CT molecular complexity index is 535. The standard InChI is InChI=1S/C11H6F11N/c12-8(13,11(20,21)22)7(23)4-1-5(9(14,15)16)3-6(2-4)10(17,18)19/h1-3,7H,23H2/t7-/m1/s1. The molecule has 0 saturated carbocycles. The van der Waals surface area contributed by atoms with Crippen LogP contribution < -0.4 is 5.73 Å². The fraction of sp³-hybridized carbons (Fsp3) is 0.455. The van der Waals surface area contributed by atoms with Gasteiger partial charge in [0.25, 0.3) is 0 Å². The zero-order valence-corrected chi connectivity index (χ0v) is 10.5. The van der Waals surface area contributed by atoms with Crippen molar-refractivity contribution >= 4 is 0 Å². The van der Waals surface area contributed by atoms with Gasteiger partial charge in [0, 0.05) is 0 Å². The van der Waals surface area contributed by atoms with Gasteiger partial charge in [-0.15, -0.1) is 0 Å². The maximum atomic E-state index is 13.1. The molecule has 0 saturated heterocycles. The Balaban J connectivity index is 3.53. The van der Waals surface area contributed by atoms with E-state index in [1.54, 1.807) is 0 Å². The van der Waals surface area contributed by atoms with E-state index in [-0.39, 0.29) is 12.1 Å². The first-order valence-electron chi connectivity index (χ1n) is 5.47. The van der Waals surface area contributed by atoms with Gasteiger partial charge in [-0.3, -0.25) is 0 Å². The normalized spacial score (nSPS) is 15.7. The van der Waals surface area contributed by atoms with Crippen molar-refractivity contribution in [1.29, 1.82) is 0 Å². The van der Waals surface area contributed by atoms with E-state index in [0.717, 1.165) is 0 Å². The Labute approximate surface area is 120 Å². The molecule has 0 aromatic heterocycles. The van der Waals surface area contributed by atoms with E-state index in [4.69, 9.17) is 0 Å². The number of hydrogen-bond acceptors (Lipinski definition) is 1. The van der Waals surface area contributed by atoms with Crippen LogP contribution in [0.25, 0.3) is 0 Å². The maximum absolute atomic E-state index is 13.1. The molecule has 0 amide bonds. The summed E-state index contributed by atoms with van der Waals surface area (Å²) >= 11 is 0. The van der Waals surface area contributed by atoms with E-state index in [9.17, 15) is 48.3 Å². The zero-order chi connectivity index (χ0) is 18.4. The third-order valence-electron chi connectivity index (χ3n) is 2.74. The Hall–Kier alpha value is -1.59. The minimum atomic E-state index is -6.25. The summed E-state index contributed by atoms with van der Waals surface area (Å²) in [5.41, 5.74) is -1.16. The van der Waals surface area contributed by atoms with Gasteiger partial charge in [0.05, 0.1) is 11.1 Å². The average molecular weight is 361 g/mol. The third kappa shape index (κ3) is 4.03. The number of benzene rings is 1. The van der Waals surface area contributed by atoms with Gasteiger partial charge in [-0.2, -0.15) is 48.3 Å². The second kappa shape index (κ2) is 5.49. The molecule has 12 heteroatoms. The zero-order valence-electron chi connectivity index (χ0n) is 10.5. The molecule has 0 bridgehead atoms. The van der Waals surface area contributed by atoms with E-state index >= 15 is 0 Å². The van der Waals surface area contributed by atoms with E-state index in [1.165, 1.54) is 0 Å². The number of alkyl halides is 11. The van der Waals surface area contributed by atoms with Crippen LogP contribution in [-0.2, 0) is 12.4 Å². The molecule has 0 radical (unpaired) electrons. The molecule has 0 aliphatic heterocycles. The van der Waals surface area contributed by atoms with Gasteiger partial charge >= 0.3 is 24.5 Å². The maximum Gasteiger partial charge on any atom is 0.455 e. The van der Waals surface area contributed by atoms with Crippen molar-refractivity contribution in [3.63, 3.8) is 0 Å². The van der Waals surface area contributed by atoms with Gasteiger partial charge in [0.15, 0.2) is 0 Å². The quantitative estimate of drug-likeness (QED) is 0.744. The third-order valence-corrected chi connectivity index (χ3v) is 2.74. The molecule has 1 atom stereocenters. The lowest BCUT2D eigenvalue weighted by molar-refractivity contribution is -0.291. The molecule has 1 aromatic carbocycles. The molecule has 0 aliphatic rings. The Morgan fingerprint density at radius 2 is 1.00 bits per heavy atom. The summed E-state index contributed by atoms with van der Waals surface area (Å²) in [6.07, 6.45) is -17.1. The van der Waals surface area contributed by atoms with Crippen LogP contribution in [0.5, 0.6) is 0 Å². The molecule has 0 fully saturated rings. The summed E-state index contributed by atoms with van der Waals surface area (Å²) in [4.78, 5) is 0. The van der Waals surface area contributed by atoms with Gasteiger partial charge in [-0.1, -0.05) is 0 Å². The highest BCUT2D eigenvalue weighted by Gasteiger charge is 2.62. The first-order valence-corrected chi connectivity index (χ1v) is 5.47. The Morgan fingerprint density at radius 3 is 1.26 bits per heavy atom. The predicted octanol–water partition coefficient (Wildman–Crippen LogP) is 4.92. The Morgan fingerprint density at radius 1 is 0.652 bits per heavy atom. The minimum absolute atomic E-state index is 0.278. The minimum Gasteiger partial charge on any atom is -0.319 e. The topological polar surface area (TPSA) is 26.0 Å². The fourth-order valence-corrected chi connectivity index (χ4v) is 1.54. The summed E-state index contributed by atoms with van der Waals surface area (Å²) in [5, 5.41) is 0. The van der Waals surface area contributed by atoms with E-state index in [0.29, 0.717) is 0 Å². The molecular formula is C11H6F11N. The molecular weight excluding hydrogens is 355 g/mol. The molecule has 1 nitrogen and oxygen atoms in total. The van der Waals surface area contributed by atoms with Crippen LogP contribution in [0.1, 0.15) is 22.7 Å². The van der Waals surface area contributed by atoms with Crippen molar-refractivity contribution < 1.29 is 48.3 Å². The summed E-state index contributed by atoms with van der Waals surface area (Å²) < 4.78 is 138. The smallest absolute Gasteiger partial charge is 0.319 e. The molecule has 132 valence electrons. The van der Waals surface area contributed by atoms with E-state index in [2.05, 4.69) is 5.73 Å². The van der Waals surface area contributed by atoms with Crippen LogP contribution in [0.15, 0.2) is 18.2 Å². The van der Waals surface area contributed by atoms with Crippen LogP contribution >= 0.6 is 0 Å². The lowest BCUT2D eigenvalue weighted by Crippen LogP contribution is -2.46. The average Bonchev–Trinajstić information content (AvgIpc) is 2.33. The van der Waals surface area contributed by atoms with Crippen LogP contribution in [0.2, 0.25) is 0 Å². The summed E-state index contributed by atoms with van der Waals surface area (Å²) in [7, 11) is 0. The predicted molar refractivity (Wildman–Crippen MR) is 54.4 cm³/mol. The fourth-order valence-electron chi connectivity index (χ4n) is 1.54. The van der Waals surface area contributed by atoms with E-state index in [1.807, 2.05) is 0 Å². The van der Waals surface area contributed by atoms with Gasteiger partial charge in [-0.25, -0.2) is 0 Å². The highest BCUT2D eigenvalue weighted by molar-refractivity contribution is 5.36. The molecule has 0 spiro atoms. The van der Waals surface area contributed by atoms with Crippen molar-refractivity contribution in [2.24, 2.45) is 5.73 Å². The molecule has 2 N–H and O–H groups in total. The molecule has 0 heterocycles. The van der Waals surface area contributed by atoms with Crippen molar-refractivity contribution in [2.45, 2.75) is 30.5 Å². The lowest BCUT2D eigenvalue weighted by atomic mass is 9.96. The van der Waals surface area contributed by atoms with Gasteiger partial charge < -0.3 is 5.73 Å². The molecule has 0 aliphatic carbocycles. The van der Waals surface area contributed by atoms with Gasteiger partial charge in [0.2, 0.25) is 0 Å². The summed E-state index contributed by atoms with van der Waals surface area (Å²) in [5.74, 6) is -5.72. The highest BCUT2D eigenvalue weighted by Crippen LogP contribution is 2.45. The van der Waals surface area contributed by atoms with Crippen molar-refractivity contribution in [2.75, 3.05) is 0 Å². The summed E-state index contributed by atoms with van der Waals surface area (Å²) in [6.45, 7) is 0. The van der Waals surface area contributed by atoms with Crippen LogP contribution in [-0.4, -0.2) is 12.1 Å². The molecule has 23 heavy (non-hydrogen) atoms. The monoisotopic (exact) mass is 361 g/mol. The number of halogens is 11. The number of nitrogens with two attached hydrogens (primary N) is 1. The van der Waals surface area contributed by atoms with Crippen LogP contribution in [0, 0.1) is 0 Å². The second-order valence-corrected chi connectivity index (χ2v) is 4.44. The first kappa shape index (κ1) is 19.5. The highest BCUT2D eigenvalue weighted by atomic mass is 19.4. The van der Waals surface area contributed by atoms with Crippen molar-refractivity contribution in [3.05, 3.63) is 34.9 Å². The van der Waals surface area contributed by atoms with Crippen molar-refractivity contribution in [1.82, 2.24) is 0 Å². The van der Waals surface area contributed by atoms with Gasteiger partial charge in [-0.05, 0) is 23.8 Å². The first-order chi connectivity index (χ1) is 9.98. The molecule has 1 rings (SSSR count). The van der Waals surface area contributed by atoms with Crippen LogP contribution in [0.4, 0.5) is 48.3 Å². The second-order valence-electron chi connectivity index (χ2n) is 4.44. The lowest BCUT2D eigenvalue weighted by Gasteiger charge is -2.27.